The summed E-state index contributed by atoms with van der Waals surface area (Å²) in [5, 5.41) is 21.9. The Balaban J connectivity index is 0.885. The Kier molecular flexibility index (Phi) is 17.4. The number of carbonyl (C=O) groups excluding carboxylic acids is 4. The number of likely N-dealkylation sites (N-methyl/N-ethyl adjacent to an activating group) is 1. The standard InChI is InChI=1S/C53H70ClN5O9/c1-32(56-9)46(61)58-45(51(2,3)4)44(60)39-15-12-16-40(39)48(63)57-43-38-14-11-10-13-34(38)29-42(43)67-28-26-65-24-23-64-25-27-66-36-20-17-33(18-21-36)47(62)59-49-52(5,6)50(53(49,7)8)68-37-22-19-35(31-55)41(54)30-37/h10-11,13-14,17-22,30,32,39-40,42-43,45,49-50,56H,12,15-16,23-29H2,1-9H3,(H,57,63)(H,58,61)(H,59,62)/t32-,39?,40+,42+,43-,45?,49-,50-/m0/s1. The number of benzene rings is 3. The summed E-state index contributed by atoms with van der Waals surface area (Å²) in [7, 11) is 1.70. The van der Waals surface area contributed by atoms with E-state index in [1.807, 2.05) is 39.0 Å². The van der Waals surface area contributed by atoms with Gasteiger partial charge in [0.2, 0.25) is 11.8 Å². The van der Waals surface area contributed by atoms with Crippen molar-refractivity contribution in [3.05, 3.63) is 94.0 Å². The zero-order chi connectivity index (χ0) is 49.4. The number of nitrogens with one attached hydrogen (secondary N) is 4. The molecule has 2 unspecified atom stereocenters. The number of hydrogen-bond acceptors (Lipinski definition) is 11. The van der Waals surface area contributed by atoms with Gasteiger partial charge in [0.25, 0.3) is 5.91 Å². The van der Waals surface area contributed by atoms with Crippen molar-refractivity contribution in [2.45, 2.75) is 117 Å². The molecule has 4 N–H and O–H groups in total. The van der Waals surface area contributed by atoms with Gasteiger partial charge in [0.05, 0.1) is 67.8 Å². The van der Waals surface area contributed by atoms with Gasteiger partial charge in [0.15, 0.2) is 5.78 Å². The van der Waals surface area contributed by atoms with Gasteiger partial charge in [0.1, 0.15) is 30.3 Å². The number of halogens is 1. The predicted octanol–water partition coefficient (Wildman–Crippen LogP) is 7.16. The van der Waals surface area contributed by atoms with Gasteiger partial charge in [-0.2, -0.15) is 5.26 Å². The highest BCUT2D eigenvalue weighted by molar-refractivity contribution is 6.31. The van der Waals surface area contributed by atoms with Crippen LogP contribution in [0, 0.1) is 39.4 Å². The second kappa shape index (κ2) is 22.6. The minimum atomic E-state index is -0.723. The largest absolute Gasteiger partial charge is 0.491 e. The number of hydrogen-bond donors (Lipinski definition) is 4. The van der Waals surface area contributed by atoms with Crippen molar-refractivity contribution in [1.29, 1.82) is 5.26 Å². The van der Waals surface area contributed by atoms with Gasteiger partial charge in [0, 0.05) is 46.8 Å². The van der Waals surface area contributed by atoms with Crippen LogP contribution in [0.15, 0.2) is 66.7 Å². The van der Waals surface area contributed by atoms with Gasteiger partial charge in [-0.05, 0) is 79.8 Å². The number of nitriles is 1. The molecule has 14 nitrogen and oxygen atoms in total. The van der Waals surface area contributed by atoms with E-state index in [9.17, 15) is 24.4 Å². The normalized spacial score (nSPS) is 23.2. The lowest BCUT2D eigenvalue weighted by molar-refractivity contribution is -0.164. The fourth-order valence-electron chi connectivity index (χ4n) is 10.4. The number of amides is 3. The quantitative estimate of drug-likeness (QED) is 0.0750. The van der Waals surface area contributed by atoms with Gasteiger partial charge < -0.3 is 45.0 Å². The number of ether oxygens (including phenoxy) is 5. The average Bonchev–Trinajstić information content (AvgIpc) is 3.94. The van der Waals surface area contributed by atoms with Crippen molar-refractivity contribution in [3.63, 3.8) is 0 Å². The van der Waals surface area contributed by atoms with Crippen LogP contribution in [-0.2, 0) is 35.0 Å². The van der Waals surface area contributed by atoms with E-state index in [1.54, 1.807) is 56.4 Å². The van der Waals surface area contributed by atoms with Gasteiger partial charge >= 0.3 is 0 Å². The molecule has 3 aliphatic carbocycles. The van der Waals surface area contributed by atoms with E-state index in [4.69, 9.17) is 35.3 Å². The van der Waals surface area contributed by atoms with Crippen LogP contribution in [0.2, 0.25) is 5.02 Å². The summed E-state index contributed by atoms with van der Waals surface area (Å²) in [6.07, 6.45) is 2.10. The van der Waals surface area contributed by atoms with E-state index in [2.05, 4.69) is 61.1 Å². The summed E-state index contributed by atoms with van der Waals surface area (Å²) >= 11 is 6.24. The lowest BCUT2D eigenvalue weighted by atomic mass is 9.49. The number of carbonyl (C=O) groups is 4. The molecule has 2 saturated carbocycles. The van der Waals surface area contributed by atoms with E-state index in [0.717, 1.165) is 17.5 Å². The number of fused-ring (bicyclic) bond motifs is 1. The highest BCUT2D eigenvalue weighted by Gasteiger charge is 2.64. The van der Waals surface area contributed by atoms with Crippen LogP contribution >= 0.6 is 11.6 Å². The van der Waals surface area contributed by atoms with Crippen LogP contribution in [0.25, 0.3) is 0 Å². The van der Waals surface area contributed by atoms with Crippen LogP contribution in [0.3, 0.4) is 0 Å². The van der Waals surface area contributed by atoms with Crippen molar-refractivity contribution in [3.8, 4) is 17.6 Å². The Bertz CT molecular complexity index is 2270. The Morgan fingerprint density at radius 3 is 2.12 bits per heavy atom. The van der Waals surface area contributed by atoms with E-state index in [-0.39, 0.29) is 58.6 Å². The van der Waals surface area contributed by atoms with Crippen LogP contribution in [0.5, 0.6) is 11.5 Å². The molecule has 68 heavy (non-hydrogen) atoms. The maximum atomic E-state index is 14.1. The molecule has 3 aliphatic rings. The van der Waals surface area contributed by atoms with E-state index in [0.29, 0.717) is 86.6 Å². The van der Waals surface area contributed by atoms with Crippen LogP contribution in [0.1, 0.15) is 108 Å². The molecule has 0 radical (unpaired) electrons. The maximum Gasteiger partial charge on any atom is 0.251 e. The van der Waals surface area contributed by atoms with Gasteiger partial charge in [-0.1, -0.05) is 90.8 Å². The Hall–Kier alpha value is -5.04. The third kappa shape index (κ3) is 12.2. The molecule has 3 amide bonds. The predicted molar refractivity (Wildman–Crippen MR) is 259 cm³/mol. The molecule has 3 aromatic carbocycles. The monoisotopic (exact) mass is 955 g/mol. The molecular formula is C53H70ClN5O9. The topological polar surface area (TPSA) is 186 Å². The molecule has 0 aliphatic heterocycles. The molecule has 3 aromatic rings. The van der Waals surface area contributed by atoms with Crippen molar-refractivity contribution in [2.24, 2.45) is 28.1 Å². The van der Waals surface area contributed by atoms with Crippen molar-refractivity contribution in [2.75, 3.05) is 46.7 Å². The summed E-state index contributed by atoms with van der Waals surface area (Å²) in [6.45, 7) is 17.9. The minimum Gasteiger partial charge on any atom is -0.491 e. The lowest BCUT2D eigenvalue weighted by Crippen LogP contribution is -2.74. The van der Waals surface area contributed by atoms with Crippen molar-refractivity contribution < 1.29 is 42.9 Å². The molecule has 368 valence electrons. The van der Waals surface area contributed by atoms with E-state index >= 15 is 0 Å². The van der Waals surface area contributed by atoms with Gasteiger partial charge in [-0.25, -0.2) is 0 Å². The summed E-state index contributed by atoms with van der Waals surface area (Å²) in [6, 6.07) is 20.4. The fourth-order valence-corrected chi connectivity index (χ4v) is 10.6. The molecular weight excluding hydrogens is 886 g/mol. The zero-order valence-electron chi connectivity index (χ0n) is 41.0. The lowest BCUT2D eigenvalue weighted by Gasteiger charge is -2.63. The van der Waals surface area contributed by atoms with E-state index < -0.39 is 29.3 Å². The van der Waals surface area contributed by atoms with Gasteiger partial charge in [-0.15, -0.1) is 0 Å². The number of ketones is 1. The molecule has 6 rings (SSSR count). The fraction of sp³-hybridized carbons (Fsp3) is 0.566. The highest BCUT2D eigenvalue weighted by Crippen LogP contribution is 2.55. The second-order valence-electron chi connectivity index (χ2n) is 20.6. The SMILES string of the molecule is CN[C@@H](C)C(=O)NC(C(=O)C1CCC[C@H]1C(=O)N[C@H]1c2ccccc2C[C@H]1OCCOCCOCCOc1ccc(C(=O)N[C@H]2C(C)(C)[C@H](Oc3ccc(C#N)c(Cl)c3)C2(C)C)cc1)C(C)(C)C. The minimum absolute atomic E-state index is 0.0944. The summed E-state index contributed by atoms with van der Waals surface area (Å²) in [4.78, 5) is 54.3. The number of Topliss-reactive ketones (excluding diaryl/α,β-unsaturated/α-hetero) is 1. The average molecular weight is 957 g/mol. The van der Waals surface area contributed by atoms with Crippen molar-refractivity contribution >= 4 is 35.1 Å². The number of nitrogens with zero attached hydrogens (tertiary/aromatic N) is 1. The van der Waals surface area contributed by atoms with Crippen LogP contribution < -0.4 is 30.7 Å². The first-order chi connectivity index (χ1) is 32.3. The van der Waals surface area contributed by atoms with E-state index in [1.165, 1.54) is 0 Å². The molecule has 15 heteroatoms. The third-order valence-electron chi connectivity index (χ3n) is 13.9. The third-order valence-corrected chi connectivity index (χ3v) is 14.2. The number of rotatable bonds is 22. The first-order valence-electron chi connectivity index (χ1n) is 23.8. The second-order valence-corrected chi connectivity index (χ2v) is 21.0. The zero-order valence-corrected chi connectivity index (χ0v) is 41.8. The summed E-state index contributed by atoms with van der Waals surface area (Å²) in [5.41, 5.74) is 1.73. The van der Waals surface area contributed by atoms with Crippen LogP contribution in [-0.4, -0.2) is 101 Å². The Labute approximate surface area is 406 Å². The Morgan fingerprint density at radius 1 is 0.838 bits per heavy atom. The smallest absolute Gasteiger partial charge is 0.251 e. The molecule has 6 atom stereocenters. The van der Waals surface area contributed by atoms with Crippen LogP contribution in [0.4, 0.5) is 0 Å². The summed E-state index contributed by atoms with van der Waals surface area (Å²) in [5.74, 6) is -0.482. The molecule has 0 aromatic heterocycles. The summed E-state index contributed by atoms with van der Waals surface area (Å²) < 4.78 is 30.1. The van der Waals surface area contributed by atoms with Crippen molar-refractivity contribution in [1.82, 2.24) is 21.3 Å². The molecule has 0 heterocycles. The molecule has 2 fully saturated rings. The highest BCUT2D eigenvalue weighted by atomic mass is 35.5. The van der Waals surface area contributed by atoms with Gasteiger partial charge in [-0.3, -0.25) is 19.2 Å². The first-order valence-corrected chi connectivity index (χ1v) is 24.2. The molecule has 0 bridgehead atoms. The molecule has 0 saturated heterocycles. The maximum absolute atomic E-state index is 14.1. The first kappa shape index (κ1) is 52.3. The Morgan fingerprint density at radius 2 is 1.47 bits per heavy atom. The molecule has 0 spiro atoms.